The number of benzene rings is 1. The summed E-state index contributed by atoms with van der Waals surface area (Å²) in [5, 5.41) is 0.705. The lowest BCUT2D eigenvalue weighted by molar-refractivity contribution is 0.0719. The van der Waals surface area contributed by atoms with Crippen LogP contribution in [0.3, 0.4) is 0 Å². The summed E-state index contributed by atoms with van der Waals surface area (Å²) >= 11 is 1.32. The molecule has 8 heteroatoms. The summed E-state index contributed by atoms with van der Waals surface area (Å²) in [5.41, 5.74) is 1.65. The van der Waals surface area contributed by atoms with Crippen molar-refractivity contribution < 1.29 is 9.18 Å². The number of rotatable bonds is 5. The Hall–Kier alpha value is -3.65. The molecule has 0 aliphatic carbocycles. The van der Waals surface area contributed by atoms with E-state index in [0.717, 1.165) is 12.8 Å². The fourth-order valence-electron chi connectivity index (χ4n) is 4.45. The van der Waals surface area contributed by atoms with Crippen LogP contribution >= 0.6 is 11.3 Å². The molecule has 3 aromatic heterocycles. The number of likely N-dealkylation sites (tertiary alicyclic amines) is 1. The van der Waals surface area contributed by atoms with Gasteiger partial charge in [-0.15, -0.1) is 11.3 Å². The second-order valence-corrected chi connectivity index (χ2v) is 9.48. The molecule has 1 aliphatic heterocycles. The van der Waals surface area contributed by atoms with E-state index in [1.807, 2.05) is 25.1 Å². The number of nitrogens with zero attached hydrogens (tertiary/aromatic N) is 4. The fourth-order valence-corrected chi connectivity index (χ4v) is 5.39. The van der Waals surface area contributed by atoms with Gasteiger partial charge in [0, 0.05) is 31.0 Å². The lowest BCUT2D eigenvalue weighted by Gasteiger charge is -2.25. The van der Waals surface area contributed by atoms with Crippen molar-refractivity contribution in [1.82, 2.24) is 19.4 Å². The molecule has 34 heavy (non-hydrogen) atoms. The topological polar surface area (TPSA) is 68.1 Å². The first-order chi connectivity index (χ1) is 16.5. The predicted octanol–water partition coefficient (Wildman–Crippen LogP) is 4.79. The minimum Gasteiger partial charge on any atom is -0.332 e. The van der Waals surface area contributed by atoms with Crippen LogP contribution in [-0.4, -0.2) is 37.9 Å². The molecule has 1 fully saturated rings. The third kappa shape index (κ3) is 4.17. The van der Waals surface area contributed by atoms with Gasteiger partial charge in [0.25, 0.3) is 11.5 Å². The Morgan fingerprint density at radius 2 is 1.91 bits per heavy atom. The highest BCUT2D eigenvalue weighted by Crippen LogP contribution is 2.34. The summed E-state index contributed by atoms with van der Waals surface area (Å²) in [7, 11) is 0. The van der Waals surface area contributed by atoms with Crippen molar-refractivity contribution in [3.63, 3.8) is 0 Å². The number of halogens is 1. The van der Waals surface area contributed by atoms with Gasteiger partial charge in [-0.2, -0.15) is 0 Å². The van der Waals surface area contributed by atoms with Gasteiger partial charge >= 0.3 is 0 Å². The standard InChI is InChI=1S/C26H23FN4O2S/c1-17-29-23(24(34-17)19-9-2-3-11-21(19)27)26(33)31-15-6-8-18(31)16-30-14-7-10-20(25(30)32)22-12-4-5-13-28-22/h2-5,7,9-14,18H,6,8,15-16H2,1H3/t18-/m0/s1. The van der Waals surface area contributed by atoms with Crippen LogP contribution in [0.15, 0.2) is 71.8 Å². The van der Waals surface area contributed by atoms with Crippen LogP contribution in [0, 0.1) is 12.7 Å². The van der Waals surface area contributed by atoms with Gasteiger partial charge in [-0.05, 0) is 50.1 Å². The van der Waals surface area contributed by atoms with Crippen molar-refractivity contribution in [3.05, 3.63) is 93.9 Å². The number of hydrogen-bond acceptors (Lipinski definition) is 5. The molecular formula is C26H23FN4O2S. The Bertz CT molecular complexity index is 1400. The van der Waals surface area contributed by atoms with Crippen molar-refractivity contribution in [3.8, 4) is 21.7 Å². The molecule has 172 valence electrons. The zero-order chi connectivity index (χ0) is 23.7. The molecule has 0 unspecified atom stereocenters. The van der Waals surface area contributed by atoms with E-state index >= 15 is 0 Å². The van der Waals surface area contributed by atoms with Gasteiger partial charge < -0.3 is 9.47 Å². The molecule has 0 radical (unpaired) electrons. The SMILES string of the molecule is Cc1nc(C(=O)N2CCC[C@H]2Cn2cccc(-c3ccccn3)c2=O)c(-c2ccccc2F)s1. The largest absolute Gasteiger partial charge is 0.332 e. The van der Waals surface area contributed by atoms with E-state index < -0.39 is 0 Å². The summed E-state index contributed by atoms with van der Waals surface area (Å²) in [6, 6.07) is 15.3. The number of carbonyl (C=O) groups excluding carboxylic acids is 1. The fraction of sp³-hybridized carbons (Fsp3) is 0.231. The summed E-state index contributed by atoms with van der Waals surface area (Å²) < 4.78 is 16.1. The molecule has 0 bridgehead atoms. The van der Waals surface area contributed by atoms with E-state index in [9.17, 15) is 14.0 Å². The van der Waals surface area contributed by atoms with Gasteiger partial charge in [0.1, 0.15) is 11.5 Å². The Balaban J connectivity index is 1.44. The van der Waals surface area contributed by atoms with Gasteiger partial charge in [0.2, 0.25) is 0 Å². The lowest BCUT2D eigenvalue weighted by Crippen LogP contribution is -2.40. The van der Waals surface area contributed by atoms with Crippen molar-refractivity contribution in [2.45, 2.75) is 32.4 Å². The maximum absolute atomic E-state index is 14.5. The number of amides is 1. The van der Waals surface area contributed by atoms with E-state index in [4.69, 9.17) is 0 Å². The lowest BCUT2D eigenvalue weighted by atomic mass is 10.1. The number of pyridine rings is 2. The monoisotopic (exact) mass is 474 g/mol. The molecule has 0 N–H and O–H groups in total. The predicted molar refractivity (Wildman–Crippen MR) is 130 cm³/mol. The van der Waals surface area contributed by atoms with Crippen LogP contribution in [-0.2, 0) is 6.54 Å². The van der Waals surface area contributed by atoms with Crippen molar-refractivity contribution >= 4 is 17.2 Å². The average Bonchev–Trinajstić information content (AvgIpc) is 3.47. The maximum Gasteiger partial charge on any atom is 0.274 e. The van der Waals surface area contributed by atoms with Gasteiger partial charge in [0.05, 0.1) is 27.2 Å². The number of aromatic nitrogens is 3. The molecule has 1 aliphatic rings. The molecule has 1 saturated heterocycles. The van der Waals surface area contributed by atoms with E-state index in [1.54, 1.807) is 52.2 Å². The molecular weight excluding hydrogens is 451 g/mol. The van der Waals surface area contributed by atoms with Crippen molar-refractivity contribution in [2.75, 3.05) is 6.54 Å². The number of thiazole rings is 1. The number of aryl methyl sites for hydroxylation is 1. The Labute approximate surface area is 200 Å². The average molecular weight is 475 g/mol. The second-order valence-electron chi connectivity index (χ2n) is 8.28. The summed E-state index contributed by atoms with van der Waals surface area (Å²) in [4.78, 5) is 37.8. The van der Waals surface area contributed by atoms with Crippen LogP contribution < -0.4 is 5.56 Å². The Morgan fingerprint density at radius 1 is 1.12 bits per heavy atom. The highest BCUT2D eigenvalue weighted by molar-refractivity contribution is 7.15. The first kappa shape index (κ1) is 22.2. The zero-order valence-corrected chi connectivity index (χ0v) is 19.5. The van der Waals surface area contributed by atoms with Crippen LogP contribution in [0.1, 0.15) is 28.3 Å². The van der Waals surface area contributed by atoms with Crippen LogP contribution in [0.4, 0.5) is 4.39 Å². The molecule has 4 heterocycles. The first-order valence-corrected chi connectivity index (χ1v) is 12.0. The number of carbonyl (C=O) groups is 1. The van der Waals surface area contributed by atoms with Gasteiger partial charge in [-0.25, -0.2) is 9.37 Å². The van der Waals surface area contributed by atoms with Crippen molar-refractivity contribution in [1.29, 1.82) is 0 Å². The van der Waals surface area contributed by atoms with Gasteiger partial charge in [-0.3, -0.25) is 14.6 Å². The van der Waals surface area contributed by atoms with Crippen LogP contribution in [0.25, 0.3) is 21.7 Å². The normalized spacial score (nSPS) is 15.6. The highest BCUT2D eigenvalue weighted by atomic mass is 32.1. The summed E-state index contributed by atoms with van der Waals surface area (Å²) in [6.45, 7) is 2.77. The third-order valence-electron chi connectivity index (χ3n) is 6.06. The van der Waals surface area contributed by atoms with Crippen molar-refractivity contribution in [2.24, 2.45) is 0 Å². The van der Waals surface area contributed by atoms with E-state index in [-0.39, 0.29) is 29.0 Å². The molecule has 6 nitrogen and oxygen atoms in total. The van der Waals surface area contributed by atoms with Gasteiger partial charge in [-0.1, -0.05) is 24.3 Å². The van der Waals surface area contributed by atoms with Crippen LogP contribution in [0.5, 0.6) is 0 Å². The third-order valence-corrected chi connectivity index (χ3v) is 7.07. The number of hydrogen-bond donors (Lipinski definition) is 0. The first-order valence-electron chi connectivity index (χ1n) is 11.2. The molecule has 4 aromatic rings. The van der Waals surface area contributed by atoms with Gasteiger partial charge in [0.15, 0.2) is 0 Å². The smallest absolute Gasteiger partial charge is 0.274 e. The molecule has 1 atom stereocenters. The molecule has 1 aromatic carbocycles. The van der Waals surface area contributed by atoms with E-state index in [1.165, 1.54) is 17.4 Å². The summed E-state index contributed by atoms with van der Waals surface area (Å²) in [5.74, 6) is -0.602. The molecule has 1 amide bonds. The Kier molecular flexibility index (Phi) is 6.06. The molecule has 0 saturated carbocycles. The van der Waals surface area contributed by atoms with E-state index in [2.05, 4.69) is 9.97 Å². The summed E-state index contributed by atoms with van der Waals surface area (Å²) in [6.07, 6.45) is 5.02. The second kappa shape index (κ2) is 9.30. The maximum atomic E-state index is 14.5. The van der Waals surface area contributed by atoms with E-state index in [0.29, 0.717) is 39.8 Å². The Morgan fingerprint density at radius 3 is 2.71 bits per heavy atom. The van der Waals surface area contributed by atoms with Crippen LogP contribution in [0.2, 0.25) is 0 Å². The highest BCUT2D eigenvalue weighted by Gasteiger charge is 2.33. The zero-order valence-electron chi connectivity index (χ0n) is 18.6. The minimum atomic E-state index is -0.379. The minimum absolute atomic E-state index is 0.142. The molecule has 0 spiro atoms. The molecule has 5 rings (SSSR count). The quantitative estimate of drug-likeness (QED) is 0.417.